The number of hydrogen-bond donors (Lipinski definition) is 1. The maximum Gasteiger partial charge on any atom is 0.274 e. The van der Waals surface area contributed by atoms with E-state index in [0.29, 0.717) is 5.69 Å². The van der Waals surface area contributed by atoms with Gasteiger partial charge in [0.2, 0.25) is 0 Å². The molecule has 1 N–H and O–H groups in total. The second-order valence-corrected chi connectivity index (χ2v) is 5.36. The summed E-state index contributed by atoms with van der Waals surface area (Å²) in [5, 5.41) is 2.86. The van der Waals surface area contributed by atoms with Crippen LogP contribution in [-0.2, 0) is 0 Å². The van der Waals surface area contributed by atoms with Crippen molar-refractivity contribution in [2.24, 2.45) is 0 Å². The zero-order valence-corrected chi connectivity index (χ0v) is 13.3. The molecule has 0 aliphatic rings. The number of nitrogens with one attached hydrogen (secondary N) is 1. The van der Waals surface area contributed by atoms with Crippen LogP contribution in [0.15, 0.2) is 36.7 Å². The Hall–Kier alpha value is -2.43. The van der Waals surface area contributed by atoms with Gasteiger partial charge in [-0.2, -0.15) is 0 Å². The summed E-state index contributed by atoms with van der Waals surface area (Å²) in [5.74, 6) is 0.538. The van der Waals surface area contributed by atoms with Crippen LogP contribution in [0.25, 0.3) is 0 Å². The summed E-state index contributed by atoms with van der Waals surface area (Å²) < 4.78 is 0. The van der Waals surface area contributed by atoms with Crippen LogP contribution in [0.3, 0.4) is 0 Å². The molecule has 0 radical (unpaired) electrons. The minimum absolute atomic E-state index is 0.224. The van der Waals surface area contributed by atoms with Gasteiger partial charge in [-0.15, -0.1) is 0 Å². The molecule has 0 saturated heterocycles. The van der Waals surface area contributed by atoms with Crippen molar-refractivity contribution in [2.75, 3.05) is 23.8 Å². The van der Waals surface area contributed by atoms with Crippen LogP contribution in [0.4, 0.5) is 11.5 Å². The highest BCUT2D eigenvalue weighted by Crippen LogP contribution is 2.13. The van der Waals surface area contributed by atoms with Crippen molar-refractivity contribution in [3.05, 3.63) is 47.9 Å². The van der Waals surface area contributed by atoms with Gasteiger partial charge in [0.15, 0.2) is 0 Å². The summed E-state index contributed by atoms with van der Waals surface area (Å²) >= 11 is 0. The largest absolute Gasteiger partial charge is 0.360 e. The number of unbranched alkanes of at least 4 members (excludes halogenated alkanes) is 1. The van der Waals surface area contributed by atoms with Gasteiger partial charge in [0.1, 0.15) is 17.8 Å². The van der Waals surface area contributed by atoms with E-state index in [-0.39, 0.29) is 5.91 Å². The van der Waals surface area contributed by atoms with E-state index in [0.717, 1.165) is 36.5 Å². The molecule has 1 aromatic heterocycles. The zero-order valence-electron chi connectivity index (χ0n) is 13.3. The molecule has 0 fully saturated rings. The Labute approximate surface area is 131 Å². The first kappa shape index (κ1) is 15.9. The predicted octanol–water partition coefficient (Wildman–Crippen LogP) is 3.27. The lowest BCUT2D eigenvalue weighted by Crippen LogP contribution is -2.21. The molecule has 5 heteroatoms. The van der Waals surface area contributed by atoms with Crippen LogP contribution < -0.4 is 10.2 Å². The Morgan fingerprint density at radius 3 is 2.82 bits per heavy atom. The maximum absolute atomic E-state index is 12.3. The van der Waals surface area contributed by atoms with Gasteiger partial charge < -0.3 is 10.2 Å². The van der Waals surface area contributed by atoms with Crippen molar-refractivity contribution in [3.63, 3.8) is 0 Å². The lowest BCUT2D eigenvalue weighted by atomic mass is 10.2. The molecule has 2 aromatic rings. The highest BCUT2D eigenvalue weighted by molar-refractivity contribution is 6.03. The first-order valence-corrected chi connectivity index (χ1v) is 7.51. The SMILES string of the molecule is CCCCN(C)c1cc(C(=O)Nc2cccc(C)c2)ncn1. The fourth-order valence-corrected chi connectivity index (χ4v) is 2.11. The van der Waals surface area contributed by atoms with Crippen LogP contribution >= 0.6 is 0 Å². The molecule has 1 aromatic carbocycles. The fraction of sp³-hybridized carbons (Fsp3) is 0.353. The normalized spacial score (nSPS) is 10.3. The van der Waals surface area contributed by atoms with Gasteiger partial charge in [0.25, 0.3) is 5.91 Å². The molecular weight excluding hydrogens is 276 g/mol. The van der Waals surface area contributed by atoms with Crippen molar-refractivity contribution in [3.8, 4) is 0 Å². The molecule has 0 spiro atoms. The number of carbonyl (C=O) groups is 1. The molecule has 0 aliphatic heterocycles. The summed E-state index contributed by atoms with van der Waals surface area (Å²) in [6.45, 7) is 5.04. The molecular formula is C17H22N4O. The Morgan fingerprint density at radius 2 is 2.09 bits per heavy atom. The molecule has 2 rings (SSSR count). The monoisotopic (exact) mass is 298 g/mol. The summed E-state index contributed by atoms with van der Waals surface area (Å²) in [7, 11) is 1.97. The van der Waals surface area contributed by atoms with E-state index in [1.165, 1.54) is 6.33 Å². The zero-order chi connectivity index (χ0) is 15.9. The third kappa shape index (κ3) is 4.28. The van der Waals surface area contributed by atoms with Crippen LogP contribution in [0.1, 0.15) is 35.8 Å². The molecule has 0 atom stereocenters. The van der Waals surface area contributed by atoms with Crippen LogP contribution in [0.5, 0.6) is 0 Å². The van der Waals surface area contributed by atoms with Crippen molar-refractivity contribution in [2.45, 2.75) is 26.7 Å². The Balaban J connectivity index is 2.10. The van der Waals surface area contributed by atoms with Gasteiger partial charge in [0, 0.05) is 25.3 Å². The fourth-order valence-electron chi connectivity index (χ4n) is 2.11. The van der Waals surface area contributed by atoms with Gasteiger partial charge in [0.05, 0.1) is 0 Å². The van der Waals surface area contributed by atoms with Crippen molar-refractivity contribution in [1.82, 2.24) is 9.97 Å². The van der Waals surface area contributed by atoms with Crippen LogP contribution in [0.2, 0.25) is 0 Å². The highest BCUT2D eigenvalue weighted by Gasteiger charge is 2.11. The number of rotatable bonds is 6. The van der Waals surface area contributed by atoms with Gasteiger partial charge in [-0.25, -0.2) is 9.97 Å². The van der Waals surface area contributed by atoms with Crippen molar-refractivity contribution < 1.29 is 4.79 Å². The van der Waals surface area contributed by atoms with Crippen molar-refractivity contribution in [1.29, 1.82) is 0 Å². The number of hydrogen-bond acceptors (Lipinski definition) is 4. The molecule has 0 unspecified atom stereocenters. The Bertz CT molecular complexity index is 642. The van der Waals surface area contributed by atoms with Crippen LogP contribution in [0, 0.1) is 6.92 Å². The van der Waals surface area contributed by atoms with E-state index in [9.17, 15) is 4.79 Å². The lowest BCUT2D eigenvalue weighted by Gasteiger charge is -2.17. The summed E-state index contributed by atoms with van der Waals surface area (Å²) in [6.07, 6.45) is 3.64. The quantitative estimate of drug-likeness (QED) is 0.889. The summed E-state index contributed by atoms with van der Waals surface area (Å²) in [4.78, 5) is 22.6. The lowest BCUT2D eigenvalue weighted by molar-refractivity contribution is 0.102. The second-order valence-electron chi connectivity index (χ2n) is 5.36. The van der Waals surface area contributed by atoms with E-state index >= 15 is 0 Å². The average Bonchev–Trinajstić information content (AvgIpc) is 2.52. The molecule has 0 bridgehead atoms. The smallest absolute Gasteiger partial charge is 0.274 e. The van der Waals surface area contributed by atoms with Crippen molar-refractivity contribution >= 4 is 17.4 Å². The standard InChI is InChI=1S/C17H22N4O/c1-4-5-9-21(3)16-11-15(18-12-19-16)17(22)20-14-8-6-7-13(2)10-14/h6-8,10-12H,4-5,9H2,1-3H3,(H,20,22). The van der Waals surface area contributed by atoms with Gasteiger partial charge in [-0.3, -0.25) is 4.79 Å². The number of nitrogens with zero attached hydrogens (tertiary/aromatic N) is 3. The van der Waals surface area contributed by atoms with Crippen LogP contribution in [-0.4, -0.2) is 29.5 Å². The molecule has 1 heterocycles. The first-order valence-electron chi connectivity index (χ1n) is 7.51. The second kappa shape index (κ2) is 7.54. The molecule has 22 heavy (non-hydrogen) atoms. The molecule has 116 valence electrons. The van der Waals surface area contributed by atoms with Gasteiger partial charge in [-0.05, 0) is 31.0 Å². The maximum atomic E-state index is 12.3. The number of benzene rings is 1. The minimum Gasteiger partial charge on any atom is -0.360 e. The topological polar surface area (TPSA) is 58.1 Å². The summed E-state index contributed by atoms with van der Waals surface area (Å²) in [6, 6.07) is 9.41. The third-order valence-corrected chi connectivity index (χ3v) is 3.40. The molecule has 5 nitrogen and oxygen atoms in total. The van der Waals surface area contributed by atoms with E-state index in [4.69, 9.17) is 0 Å². The Kier molecular flexibility index (Phi) is 5.47. The number of carbonyl (C=O) groups excluding carboxylic acids is 1. The minimum atomic E-state index is -0.224. The first-order chi connectivity index (χ1) is 10.6. The number of aromatic nitrogens is 2. The average molecular weight is 298 g/mol. The molecule has 1 amide bonds. The predicted molar refractivity (Wildman–Crippen MR) is 89.3 cm³/mol. The molecule has 0 saturated carbocycles. The number of aryl methyl sites for hydroxylation is 1. The van der Waals surface area contributed by atoms with Gasteiger partial charge >= 0.3 is 0 Å². The highest BCUT2D eigenvalue weighted by atomic mass is 16.1. The van der Waals surface area contributed by atoms with Gasteiger partial charge in [-0.1, -0.05) is 25.5 Å². The van der Waals surface area contributed by atoms with E-state index < -0.39 is 0 Å². The molecule has 0 aliphatic carbocycles. The van der Waals surface area contributed by atoms with E-state index in [2.05, 4.69) is 22.2 Å². The number of amides is 1. The third-order valence-electron chi connectivity index (χ3n) is 3.40. The van der Waals surface area contributed by atoms with E-state index in [1.54, 1.807) is 6.07 Å². The summed E-state index contributed by atoms with van der Waals surface area (Å²) in [5.41, 5.74) is 2.24. The Morgan fingerprint density at radius 1 is 1.27 bits per heavy atom. The number of anilines is 2. The van der Waals surface area contributed by atoms with E-state index in [1.807, 2.05) is 43.1 Å².